The Bertz CT molecular complexity index is 364. The van der Waals surface area contributed by atoms with Gasteiger partial charge in [0, 0.05) is 33.5 Å². The topological polar surface area (TPSA) is 114 Å². The van der Waals surface area contributed by atoms with Gasteiger partial charge in [-0.1, -0.05) is 12.8 Å². The van der Waals surface area contributed by atoms with E-state index in [9.17, 15) is 14.2 Å². The number of phosphoric ester groups is 1. The Morgan fingerprint density at radius 2 is 1.76 bits per heavy atom. The first-order valence-corrected chi connectivity index (χ1v) is 8.41. The summed E-state index contributed by atoms with van der Waals surface area (Å²) in [5.74, 6) is -0.237. The molecular formula is C12H25N2O6P. The lowest BCUT2D eigenvalue weighted by atomic mass is 10.2. The van der Waals surface area contributed by atoms with Gasteiger partial charge < -0.3 is 15.5 Å². The average molecular weight is 324 g/mol. The third kappa shape index (κ3) is 13.8. The maximum atomic E-state index is 11.3. The number of rotatable bonds is 12. The van der Waals surface area contributed by atoms with Gasteiger partial charge in [-0.25, -0.2) is 4.57 Å². The molecule has 0 aromatic carbocycles. The molecule has 0 aliphatic carbocycles. The van der Waals surface area contributed by atoms with Crippen LogP contribution in [0.15, 0.2) is 0 Å². The van der Waals surface area contributed by atoms with E-state index in [0.717, 1.165) is 26.4 Å². The van der Waals surface area contributed by atoms with Crippen LogP contribution in [0.1, 0.15) is 39.0 Å². The van der Waals surface area contributed by atoms with Crippen molar-refractivity contribution in [2.45, 2.75) is 39.0 Å². The molecule has 0 radical (unpaired) electrons. The molecule has 0 rings (SSSR count). The summed E-state index contributed by atoms with van der Waals surface area (Å²) < 4.78 is 19.9. The second-order valence-corrected chi connectivity index (χ2v) is 6.04. The summed E-state index contributed by atoms with van der Waals surface area (Å²) in [5, 5.41) is 5.31. The maximum absolute atomic E-state index is 11.3. The van der Waals surface area contributed by atoms with Crippen LogP contribution in [-0.4, -0.2) is 43.5 Å². The molecule has 0 bridgehead atoms. The van der Waals surface area contributed by atoms with Crippen molar-refractivity contribution in [2.75, 3.05) is 26.8 Å². The van der Waals surface area contributed by atoms with Crippen LogP contribution in [0.2, 0.25) is 0 Å². The zero-order valence-electron chi connectivity index (χ0n) is 12.6. The average Bonchev–Trinajstić information content (AvgIpc) is 2.41. The number of phosphoric acid groups is 1. The molecule has 0 aromatic heterocycles. The summed E-state index contributed by atoms with van der Waals surface area (Å²) in [6, 6.07) is 0. The molecule has 0 aliphatic heterocycles. The van der Waals surface area contributed by atoms with Crippen LogP contribution in [0.4, 0.5) is 0 Å². The minimum Gasteiger partial charge on any atom is -0.356 e. The highest BCUT2D eigenvalue weighted by Crippen LogP contribution is 2.41. The number of carbonyl (C=O) groups excluding carboxylic acids is 2. The summed E-state index contributed by atoms with van der Waals surface area (Å²) in [7, 11) is -2.73. The Kier molecular flexibility index (Phi) is 11.2. The number of unbranched alkanes of at least 4 members (excludes halogenated alkanes) is 3. The molecule has 0 saturated heterocycles. The Balaban J connectivity index is 3.34. The first kappa shape index (κ1) is 20.1. The van der Waals surface area contributed by atoms with Crippen LogP contribution in [0.5, 0.6) is 0 Å². The predicted molar refractivity (Wildman–Crippen MR) is 77.6 cm³/mol. The standard InChI is InChI=1S/C12H25N2O6P/c1-11(15)13-9-7-12(16)14-8-5-3-4-6-10-20-21(17,18)19-2/h3-10H2,1-2H3,(H,13,15)(H,14,16)(H,17,18). The molecule has 0 aliphatic rings. The lowest BCUT2D eigenvalue weighted by Gasteiger charge is -2.08. The van der Waals surface area contributed by atoms with E-state index >= 15 is 0 Å². The molecule has 124 valence electrons. The Hall–Kier alpha value is -0.950. The Labute approximate surface area is 125 Å². The van der Waals surface area contributed by atoms with Gasteiger partial charge in [-0.05, 0) is 12.8 Å². The molecular weight excluding hydrogens is 299 g/mol. The van der Waals surface area contributed by atoms with Crippen LogP contribution >= 0.6 is 7.82 Å². The van der Waals surface area contributed by atoms with E-state index in [1.807, 2.05) is 0 Å². The Morgan fingerprint density at radius 3 is 2.38 bits per heavy atom. The van der Waals surface area contributed by atoms with Crippen molar-refractivity contribution in [3.63, 3.8) is 0 Å². The smallest absolute Gasteiger partial charge is 0.356 e. The monoisotopic (exact) mass is 324 g/mol. The van der Waals surface area contributed by atoms with E-state index < -0.39 is 7.82 Å². The third-order valence-corrected chi connectivity index (χ3v) is 3.57. The van der Waals surface area contributed by atoms with Crippen molar-refractivity contribution in [1.29, 1.82) is 0 Å². The minimum absolute atomic E-state index is 0.0894. The van der Waals surface area contributed by atoms with Gasteiger partial charge in [0.1, 0.15) is 0 Å². The first-order chi connectivity index (χ1) is 9.87. The van der Waals surface area contributed by atoms with Crippen molar-refractivity contribution in [2.24, 2.45) is 0 Å². The summed E-state index contributed by atoms with van der Waals surface area (Å²) in [6.45, 7) is 2.50. The van der Waals surface area contributed by atoms with E-state index in [2.05, 4.69) is 19.7 Å². The van der Waals surface area contributed by atoms with Crippen LogP contribution in [0.3, 0.4) is 0 Å². The van der Waals surface area contributed by atoms with Gasteiger partial charge >= 0.3 is 7.82 Å². The van der Waals surface area contributed by atoms with Gasteiger partial charge in [-0.15, -0.1) is 0 Å². The zero-order chi connectivity index (χ0) is 16.1. The highest BCUT2D eigenvalue weighted by atomic mass is 31.2. The minimum atomic E-state index is -3.85. The molecule has 21 heavy (non-hydrogen) atoms. The van der Waals surface area contributed by atoms with E-state index in [1.165, 1.54) is 6.92 Å². The highest BCUT2D eigenvalue weighted by molar-refractivity contribution is 7.47. The lowest BCUT2D eigenvalue weighted by molar-refractivity contribution is -0.121. The normalized spacial score (nSPS) is 13.5. The van der Waals surface area contributed by atoms with E-state index in [-0.39, 0.29) is 24.8 Å². The molecule has 1 atom stereocenters. The van der Waals surface area contributed by atoms with Gasteiger partial charge in [-0.3, -0.25) is 18.6 Å². The second kappa shape index (κ2) is 11.7. The van der Waals surface area contributed by atoms with Crippen LogP contribution < -0.4 is 10.6 Å². The fraction of sp³-hybridized carbons (Fsp3) is 0.833. The number of hydrogen-bond donors (Lipinski definition) is 3. The summed E-state index contributed by atoms with van der Waals surface area (Å²) in [6.07, 6.45) is 3.48. The summed E-state index contributed by atoms with van der Waals surface area (Å²) >= 11 is 0. The van der Waals surface area contributed by atoms with Crippen molar-refractivity contribution in [3.05, 3.63) is 0 Å². The van der Waals surface area contributed by atoms with Gasteiger partial charge in [0.15, 0.2) is 0 Å². The molecule has 0 aromatic rings. The van der Waals surface area contributed by atoms with Gasteiger partial charge in [0.05, 0.1) is 6.61 Å². The zero-order valence-corrected chi connectivity index (χ0v) is 13.5. The lowest BCUT2D eigenvalue weighted by Crippen LogP contribution is -2.30. The van der Waals surface area contributed by atoms with Crippen molar-refractivity contribution in [1.82, 2.24) is 10.6 Å². The number of nitrogens with one attached hydrogen (secondary N) is 2. The maximum Gasteiger partial charge on any atom is 0.471 e. The SMILES string of the molecule is COP(=O)(O)OCCCCCCNC(=O)CCNC(C)=O. The van der Waals surface area contributed by atoms with E-state index in [0.29, 0.717) is 19.5 Å². The molecule has 3 N–H and O–H groups in total. The molecule has 0 fully saturated rings. The Morgan fingerprint density at radius 1 is 1.10 bits per heavy atom. The van der Waals surface area contributed by atoms with Crippen molar-refractivity contribution >= 4 is 19.6 Å². The number of amides is 2. The molecule has 9 heteroatoms. The molecule has 0 heterocycles. The molecule has 0 saturated carbocycles. The van der Waals surface area contributed by atoms with Gasteiger partial charge in [0.2, 0.25) is 11.8 Å². The summed E-state index contributed by atoms with van der Waals surface area (Å²) in [5.41, 5.74) is 0. The quantitative estimate of drug-likeness (QED) is 0.364. The van der Waals surface area contributed by atoms with E-state index in [1.54, 1.807) is 0 Å². The second-order valence-electron chi connectivity index (χ2n) is 4.48. The molecule has 1 unspecified atom stereocenters. The predicted octanol–water partition coefficient (Wildman–Crippen LogP) is 0.953. The van der Waals surface area contributed by atoms with Crippen LogP contribution in [-0.2, 0) is 23.2 Å². The molecule has 2 amide bonds. The highest BCUT2D eigenvalue weighted by Gasteiger charge is 2.17. The van der Waals surface area contributed by atoms with Crippen LogP contribution in [0.25, 0.3) is 0 Å². The number of hydrogen-bond acceptors (Lipinski definition) is 5. The van der Waals surface area contributed by atoms with Crippen molar-refractivity contribution in [3.8, 4) is 0 Å². The van der Waals surface area contributed by atoms with Crippen LogP contribution in [0, 0.1) is 0 Å². The largest absolute Gasteiger partial charge is 0.471 e. The first-order valence-electron chi connectivity index (χ1n) is 6.91. The van der Waals surface area contributed by atoms with E-state index in [4.69, 9.17) is 4.89 Å². The number of carbonyl (C=O) groups is 2. The van der Waals surface area contributed by atoms with Gasteiger partial charge in [0.25, 0.3) is 0 Å². The molecule has 0 spiro atoms. The fourth-order valence-electron chi connectivity index (χ4n) is 1.48. The van der Waals surface area contributed by atoms with Crippen molar-refractivity contribution < 1.29 is 28.1 Å². The third-order valence-electron chi connectivity index (χ3n) is 2.60. The molecule has 8 nitrogen and oxygen atoms in total. The fourth-order valence-corrected chi connectivity index (χ4v) is 1.95. The summed E-state index contributed by atoms with van der Waals surface area (Å²) in [4.78, 5) is 30.9. The van der Waals surface area contributed by atoms with Gasteiger partial charge in [-0.2, -0.15) is 0 Å².